The monoisotopic (exact) mass is 270 g/mol. The Labute approximate surface area is 107 Å². The zero-order chi connectivity index (χ0) is 13.0. The van der Waals surface area contributed by atoms with Crippen molar-refractivity contribution in [3.63, 3.8) is 0 Å². The van der Waals surface area contributed by atoms with Crippen molar-refractivity contribution < 1.29 is 13.5 Å². The Hall–Kier alpha value is -1.53. The van der Waals surface area contributed by atoms with Crippen LogP contribution in [-0.4, -0.2) is 25.2 Å². The number of nitrogens with zero attached hydrogens (tertiary/aromatic N) is 1. The van der Waals surface area contributed by atoms with Gasteiger partial charge in [-0.3, -0.25) is 0 Å². The molecule has 96 valence electrons. The molecule has 0 saturated carbocycles. The summed E-state index contributed by atoms with van der Waals surface area (Å²) in [5.41, 5.74) is 0.600. The standard InChI is InChI=1S/C12H12F2N2OS/c1-17-5-4-15-12-16-11(7-18-12)9-6-8(13)2-3-10(9)14/h2-3,6-7H,4-5H2,1H3,(H,15,16). The molecule has 2 rings (SSSR count). The van der Waals surface area contributed by atoms with Crippen molar-refractivity contribution in [1.82, 2.24) is 4.98 Å². The van der Waals surface area contributed by atoms with Crippen LogP contribution < -0.4 is 5.32 Å². The third kappa shape index (κ3) is 3.02. The van der Waals surface area contributed by atoms with Crippen molar-refractivity contribution in [2.24, 2.45) is 0 Å². The smallest absolute Gasteiger partial charge is 0.183 e. The van der Waals surface area contributed by atoms with Gasteiger partial charge in [0.05, 0.1) is 12.3 Å². The fourth-order valence-corrected chi connectivity index (χ4v) is 2.17. The Kier molecular flexibility index (Phi) is 4.22. The summed E-state index contributed by atoms with van der Waals surface area (Å²) in [7, 11) is 1.61. The number of ether oxygens (including phenoxy) is 1. The second-order valence-corrected chi connectivity index (χ2v) is 4.44. The van der Waals surface area contributed by atoms with Crippen molar-refractivity contribution in [2.75, 3.05) is 25.6 Å². The van der Waals surface area contributed by atoms with E-state index in [1.54, 1.807) is 12.5 Å². The second kappa shape index (κ2) is 5.88. The average molecular weight is 270 g/mol. The minimum atomic E-state index is -0.481. The lowest BCUT2D eigenvalue weighted by molar-refractivity contribution is 0.211. The van der Waals surface area contributed by atoms with E-state index in [4.69, 9.17) is 4.74 Å². The van der Waals surface area contributed by atoms with Gasteiger partial charge in [0.1, 0.15) is 11.6 Å². The number of nitrogens with one attached hydrogen (secondary N) is 1. The zero-order valence-corrected chi connectivity index (χ0v) is 10.6. The molecular formula is C12H12F2N2OS. The third-order valence-electron chi connectivity index (χ3n) is 2.29. The highest BCUT2D eigenvalue weighted by atomic mass is 32.1. The highest BCUT2D eigenvalue weighted by Crippen LogP contribution is 2.27. The lowest BCUT2D eigenvalue weighted by atomic mass is 10.1. The minimum absolute atomic E-state index is 0.172. The summed E-state index contributed by atoms with van der Waals surface area (Å²) < 4.78 is 31.5. The zero-order valence-electron chi connectivity index (χ0n) is 9.74. The molecule has 1 aromatic carbocycles. The number of aromatic nitrogens is 1. The molecule has 6 heteroatoms. The summed E-state index contributed by atoms with van der Waals surface area (Å²) in [6.45, 7) is 1.18. The molecule has 2 aromatic rings. The molecule has 18 heavy (non-hydrogen) atoms. The molecule has 1 aromatic heterocycles. The predicted octanol–water partition coefficient (Wildman–Crippen LogP) is 3.15. The Morgan fingerprint density at radius 2 is 2.22 bits per heavy atom. The molecule has 0 atom stereocenters. The minimum Gasteiger partial charge on any atom is -0.383 e. The maximum atomic E-state index is 13.5. The molecule has 0 spiro atoms. The molecular weight excluding hydrogens is 258 g/mol. The van der Waals surface area contributed by atoms with E-state index < -0.39 is 11.6 Å². The lowest BCUT2D eigenvalue weighted by Gasteiger charge is -2.01. The maximum absolute atomic E-state index is 13.5. The number of benzene rings is 1. The fourth-order valence-electron chi connectivity index (χ4n) is 1.43. The topological polar surface area (TPSA) is 34.1 Å². The molecule has 0 bridgehead atoms. The van der Waals surface area contributed by atoms with E-state index in [0.717, 1.165) is 18.2 Å². The van der Waals surface area contributed by atoms with Gasteiger partial charge in [-0.25, -0.2) is 13.8 Å². The second-order valence-electron chi connectivity index (χ2n) is 3.58. The van der Waals surface area contributed by atoms with E-state index in [2.05, 4.69) is 10.3 Å². The van der Waals surface area contributed by atoms with Gasteiger partial charge in [0.2, 0.25) is 0 Å². The Morgan fingerprint density at radius 3 is 3.00 bits per heavy atom. The van der Waals surface area contributed by atoms with Crippen LogP contribution in [0.25, 0.3) is 11.3 Å². The number of thiazole rings is 1. The molecule has 0 unspecified atom stereocenters. The van der Waals surface area contributed by atoms with Crippen LogP contribution in [-0.2, 0) is 4.74 Å². The van der Waals surface area contributed by atoms with Crippen LogP contribution in [0.1, 0.15) is 0 Å². The van der Waals surface area contributed by atoms with Crippen LogP contribution in [0.2, 0.25) is 0 Å². The van der Waals surface area contributed by atoms with Gasteiger partial charge in [-0.05, 0) is 18.2 Å². The molecule has 0 saturated heterocycles. The van der Waals surface area contributed by atoms with Gasteiger partial charge in [-0.2, -0.15) is 0 Å². The summed E-state index contributed by atoms with van der Waals surface area (Å²) in [5, 5.41) is 5.38. The van der Waals surface area contributed by atoms with Crippen LogP contribution in [0, 0.1) is 11.6 Å². The summed E-state index contributed by atoms with van der Waals surface area (Å²) >= 11 is 1.34. The van der Waals surface area contributed by atoms with Gasteiger partial charge < -0.3 is 10.1 Å². The van der Waals surface area contributed by atoms with Crippen LogP contribution in [0.15, 0.2) is 23.6 Å². The Bertz CT molecular complexity index is 531. The molecule has 0 aliphatic heterocycles. The Morgan fingerprint density at radius 1 is 1.39 bits per heavy atom. The fraction of sp³-hybridized carbons (Fsp3) is 0.250. The van der Waals surface area contributed by atoms with Crippen molar-refractivity contribution in [3.05, 3.63) is 35.2 Å². The van der Waals surface area contributed by atoms with Gasteiger partial charge in [-0.1, -0.05) is 0 Å². The van der Waals surface area contributed by atoms with E-state index in [0.29, 0.717) is 24.0 Å². The number of hydrogen-bond donors (Lipinski definition) is 1. The molecule has 0 fully saturated rings. The van der Waals surface area contributed by atoms with Crippen LogP contribution >= 0.6 is 11.3 Å². The average Bonchev–Trinajstić information content (AvgIpc) is 2.81. The first-order chi connectivity index (χ1) is 8.70. The Balaban J connectivity index is 2.16. The first-order valence-electron chi connectivity index (χ1n) is 5.34. The van der Waals surface area contributed by atoms with E-state index in [-0.39, 0.29) is 5.56 Å². The highest BCUT2D eigenvalue weighted by molar-refractivity contribution is 7.14. The largest absolute Gasteiger partial charge is 0.383 e. The van der Waals surface area contributed by atoms with E-state index in [9.17, 15) is 8.78 Å². The molecule has 1 N–H and O–H groups in total. The van der Waals surface area contributed by atoms with E-state index in [1.807, 2.05) is 0 Å². The number of hydrogen-bond acceptors (Lipinski definition) is 4. The molecule has 0 aliphatic carbocycles. The summed E-state index contributed by atoms with van der Waals surface area (Å²) in [4.78, 5) is 4.20. The summed E-state index contributed by atoms with van der Waals surface area (Å²) in [5.74, 6) is -0.960. The predicted molar refractivity (Wildman–Crippen MR) is 67.8 cm³/mol. The number of methoxy groups -OCH3 is 1. The van der Waals surface area contributed by atoms with Gasteiger partial charge >= 0.3 is 0 Å². The van der Waals surface area contributed by atoms with Crippen molar-refractivity contribution >= 4 is 16.5 Å². The van der Waals surface area contributed by atoms with Gasteiger partial charge in [0.25, 0.3) is 0 Å². The SMILES string of the molecule is COCCNc1nc(-c2cc(F)ccc2F)cs1. The lowest BCUT2D eigenvalue weighted by Crippen LogP contribution is -2.07. The van der Waals surface area contributed by atoms with E-state index >= 15 is 0 Å². The van der Waals surface area contributed by atoms with Crippen LogP contribution in [0.3, 0.4) is 0 Å². The normalized spacial score (nSPS) is 10.6. The summed E-state index contributed by atoms with van der Waals surface area (Å²) in [6.07, 6.45) is 0. The van der Waals surface area contributed by atoms with Gasteiger partial charge in [-0.15, -0.1) is 11.3 Å². The number of anilines is 1. The number of halogens is 2. The third-order valence-corrected chi connectivity index (χ3v) is 3.09. The summed E-state index contributed by atoms with van der Waals surface area (Å²) in [6, 6.07) is 3.33. The van der Waals surface area contributed by atoms with Crippen molar-refractivity contribution in [2.45, 2.75) is 0 Å². The van der Waals surface area contributed by atoms with Crippen LogP contribution in [0.4, 0.5) is 13.9 Å². The van der Waals surface area contributed by atoms with Crippen LogP contribution in [0.5, 0.6) is 0 Å². The van der Waals surface area contributed by atoms with Crippen molar-refractivity contribution in [3.8, 4) is 11.3 Å². The quantitative estimate of drug-likeness (QED) is 0.847. The first-order valence-corrected chi connectivity index (χ1v) is 6.22. The maximum Gasteiger partial charge on any atom is 0.183 e. The highest BCUT2D eigenvalue weighted by Gasteiger charge is 2.10. The van der Waals surface area contributed by atoms with E-state index in [1.165, 1.54) is 11.3 Å². The van der Waals surface area contributed by atoms with Gasteiger partial charge in [0.15, 0.2) is 5.13 Å². The molecule has 0 amide bonds. The number of rotatable bonds is 5. The first kappa shape index (κ1) is 12.9. The van der Waals surface area contributed by atoms with Crippen molar-refractivity contribution in [1.29, 1.82) is 0 Å². The molecule has 1 heterocycles. The van der Waals surface area contributed by atoms with Gasteiger partial charge in [0, 0.05) is 24.6 Å². The molecule has 0 radical (unpaired) electrons. The molecule has 3 nitrogen and oxygen atoms in total. The molecule has 0 aliphatic rings.